The van der Waals surface area contributed by atoms with Gasteiger partial charge in [-0.05, 0) is 29.8 Å². The quantitative estimate of drug-likeness (QED) is 0.876. The summed E-state index contributed by atoms with van der Waals surface area (Å²) in [5.74, 6) is -1.36. The summed E-state index contributed by atoms with van der Waals surface area (Å²) in [6.07, 6.45) is 0. The molecule has 3 rings (SSSR count). The topological polar surface area (TPSA) is 77.8 Å². The summed E-state index contributed by atoms with van der Waals surface area (Å²) >= 11 is 0. The molecule has 1 aliphatic rings. The Balaban J connectivity index is 2.07. The second-order valence-electron chi connectivity index (χ2n) is 4.56. The molecule has 2 N–H and O–H groups in total. The fourth-order valence-electron chi connectivity index (χ4n) is 2.37. The summed E-state index contributed by atoms with van der Waals surface area (Å²) in [4.78, 5) is 25.0. The molecule has 5 nitrogen and oxygen atoms in total. The summed E-state index contributed by atoms with van der Waals surface area (Å²) in [7, 11) is 0. The highest BCUT2D eigenvalue weighted by Gasteiger charge is 2.30. The number of para-hydroxylation sites is 1. The molecule has 5 heteroatoms. The Morgan fingerprint density at radius 3 is 2.65 bits per heavy atom. The largest absolute Gasteiger partial charge is 0.508 e. The average molecular weight is 269 g/mol. The molecule has 0 saturated heterocycles. The van der Waals surface area contributed by atoms with Gasteiger partial charge in [0, 0.05) is 5.56 Å². The zero-order chi connectivity index (χ0) is 14.3. The minimum atomic E-state index is -1.08. The van der Waals surface area contributed by atoms with Crippen LogP contribution >= 0.6 is 0 Å². The Hall–Kier alpha value is -2.82. The zero-order valence-corrected chi connectivity index (χ0v) is 10.4. The van der Waals surface area contributed by atoms with Crippen molar-refractivity contribution in [2.75, 3.05) is 4.90 Å². The molecule has 0 spiro atoms. The Labute approximate surface area is 114 Å². The smallest absolute Gasteiger partial charge is 0.337 e. The Bertz CT molecular complexity index is 724. The van der Waals surface area contributed by atoms with Crippen molar-refractivity contribution < 1.29 is 19.8 Å². The van der Waals surface area contributed by atoms with Crippen molar-refractivity contribution in [3.8, 4) is 5.75 Å². The third kappa shape index (κ3) is 1.80. The van der Waals surface area contributed by atoms with Crippen molar-refractivity contribution in [2.45, 2.75) is 6.54 Å². The number of phenols is 1. The van der Waals surface area contributed by atoms with Crippen LogP contribution in [0.25, 0.3) is 0 Å². The van der Waals surface area contributed by atoms with Crippen molar-refractivity contribution in [1.29, 1.82) is 0 Å². The fourth-order valence-corrected chi connectivity index (χ4v) is 2.37. The van der Waals surface area contributed by atoms with E-state index in [1.54, 1.807) is 24.3 Å². The summed E-state index contributed by atoms with van der Waals surface area (Å²) < 4.78 is 0. The third-order valence-electron chi connectivity index (χ3n) is 3.32. The van der Waals surface area contributed by atoms with E-state index in [0.29, 0.717) is 17.8 Å². The SMILES string of the molecule is O=C(O)c1ccccc1N1Cc2ccc(O)cc2C1=O. The van der Waals surface area contributed by atoms with Crippen LogP contribution in [0.15, 0.2) is 42.5 Å². The van der Waals surface area contributed by atoms with Crippen molar-refractivity contribution in [1.82, 2.24) is 0 Å². The average Bonchev–Trinajstić information content (AvgIpc) is 2.76. The van der Waals surface area contributed by atoms with Crippen LogP contribution in [0.4, 0.5) is 5.69 Å². The van der Waals surface area contributed by atoms with E-state index in [1.165, 1.54) is 23.1 Å². The summed E-state index contributed by atoms with van der Waals surface area (Å²) in [6.45, 7) is 0.304. The number of carboxylic acid groups (broad SMARTS) is 1. The number of carboxylic acids is 1. The lowest BCUT2D eigenvalue weighted by Gasteiger charge is -2.17. The van der Waals surface area contributed by atoms with E-state index in [2.05, 4.69) is 0 Å². The normalized spacial score (nSPS) is 13.4. The number of carbonyl (C=O) groups excluding carboxylic acids is 1. The van der Waals surface area contributed by atoms with E-state index in [4.69, 9.17) is 0 Å². The first-order valence-corrected chi connectivity index (χ1v) is 6.04. The lowest BCUT2D eigenvalue weighted by atomic mass is 10.1. The molecule has 0 fully saturated rings. The Kier molecular flexibility index (Phi) is 2.68. The highest BCUT2D eigenvalue weighted by molar-refractivity contribution is 6.12. The maximum absolute atomic E-state index is 12.3. The number of nitrogens with zero attached hydrogens (tertiary/aromatic N) is 1. The first-order chi connectivity index (χ1) is 9.58. The number of hydrogen-bond acceptors (Lipinski definition) is 3. The van der Waals surface area contributed by atoms with Crippen LogP contribution in [0.3, 0.4) is 0 Å². The predicted octanol–water partition coefficient (Wildman–Crippen LogP) is 2.25. The van der Waals surface area contributed by atoms with Crippen molar-refractivity contribution in [2.24, 2.45) is 0 Å². The summed E-state index contributed by atoms with van der Waals surface area (Å²) in [5, 5.41) is 18.6. The van der Waals surface area contributed by atoms with Gasteiger partial charge in [0.05, 0.1) is 17.8 Å². The minimum absolute atomic E-state index is 0.0190. The molecule has 1 aliphatic heterocycles. The number of amides is 1. The van der Waals surface area contributed by atoms with Crippen LogP contribution in [-0.4, -0.2) is 22.1 Å². The fraction of sp³-hybridized carbons (Fsp3) is 0.0667. The number of fused-ring (bicyclic) bond motifs is 1. The predicted molar refractivity (Wildman–Crippen MR) is 72.0 cm³/mol. The lowest BCUT2D eigenvalue weighted by molar-refractivity contribution is 0.0697. The molecule has 0 unspecified atom stereocenters. The molecule has 0 bridgehead atoms. The van der Waals surface area contributed by atoms with Gasteiger partial charge in [0.1, 0.15) is 5.75 Å². The van der Waals surface area contributed by atoms with Crippen LogP contribution < -0.4 is 4.90 Å². The van der Waals surface area contributed by atoms with Gasteiger partial charge in [-0.15, -0.1) is 0 Å². The van der Waals surface area contributed by atoms with E-state index < -0.39 is 5.97 Å². The molecule has 0 aromatic heterocycles. The zero-order valence-electron chi connectivity index (χ0n) is 10.4. The standard InChI is InChI=1S/C15H11NO4/c17-10-6-5-9-8-16(14(18)12(9)7-10)13-4-2-1-3-11(13)15(19)20/h1-7,17H,8H2,(H,19,20). The van der Waals surface area contributed by atoms with Gasteiger partial charge >= 0.3 is 5.97 Å². The summed E-state index contributed by atoms with van der Waals surface area (Å²) in [5.41, 5.74) is 1.62. The van der Waals surface area contributed by atoms with E-state index in [1.807, 2.05) is 0 Å². The van der Waals surface area contributed by atoms with Gasteiger partial charge in [-0.2, -0.15) is 0 Å². The number of phenolic OH excluding ortho intramolecular Hbond substituents is 1. The molecule has 20 heavy (non-hydrogen) atoms. The van der Waals surface area contributed by atoms with Crippen LogP contribution in [0.2, 0.25) is 0 Å². The highest BCUT2D eigenvalue weighted by atomic mass is 16.4. The molecule has 2 aromatic carbocycles. The number of aromatic carboxylic acids is 1. The summed E-state index contributed by atoms with van der Waals surface area (Å²) in [6, 6.07) is 11.0. The van der Waals surface area contributed by atoms with E-state index in [0.717, 1.165) is 5.56 Å². The molecule has 2 aromatic rings. The lowest BCUT2D eigenvalue weighted by Crippen LogP contribution is -2.25. The van der Waals surface area contributed by atoms with Gasteiger partial charge in [0.2, 0.25) is 0 Å². The van der Waals surface area contributed by atoms with Gasteiger partial charge in [-0.25, -0.2) is 4.79 Å². The van der Waals surface area contributed by atoms with Crippen LogP contribution in [0.1, 0.15) is 26.3 Å². The Morgan fingerprint density at radius 2 is 1.90 bits per heavy atom. The molecule has 1 amide bonds. The Morgan fingerprint density at radius 1 is 1.15 bits per heavy atom. The number of benzene rings is 2. The number of hydrogen-bond donors (Lipinski definition) is 2. The molecule has 0 radical (unpaired) electrons. The molecule has 0 aliphatic carbocycles. The van der Waals surface area contributed by atoms with E-state index in [-0.39, 0.29) is 17.2 Å². The maximum Gasteiger partial charge on any atom is 0.337 e. The number of aromatic hydroxyl groups is 1. The molecule has 100 valence electrons. The van der Waals surface area contributed by atoms with Crippen LogP contribution in [0, 0.1) is 0 Å². The molecular formula is C15H11NO4. The van der Waals surface area contributed by atoms with Gasteiger partial charge in [-0.3, -0.25) is 4.79 Å². The monoisotopic (exact) mass is 269 g/mol. The van der Waals surface area contributed by atoms with Crippen LogP contribution in [-0.2, 0) is 6.54 Å². The number of rotatable bonds is 2. The van der Waals surface area contributed by atoms with Crippen molar-refractivity contribution >= 4 is 17.6 Å². The van der Waals surface area contributed by atoms with Crippen LogP contribution in [0.5, 0.6) is 5.75 Å². The first kappa shape index (κ1) is 12.2. The van der Waals surface area contributed by atoms with Gasteiger partial charge in [0.25, 0.3) is 5.91 Å². The molecule has 1 heterocycles. The number of carbonyl (C=O) groups is 2. The van der Waals surface area contributed by atoms with Gasteiger partial charge in [-0.1, -0.05) is 18.2 Å². The molecule has 0 atom stereocenters. The molecular weight excluding hydrogens is 258 g/mol. The van der Waals surface area contributed by atoms with Crippen molar-refractivity contribution in [3.05, 3.63) is 59.2 Å². The first-order valence-electron chi connectivity index (χ1n) is 6.04. The van der Waals surface area contributed by atoms with E-state index >= 15 is 0 Å². The van der Waals surface area contributed by atoms with E-state index in [9.17, 15) is 19.8 Å². The second kappa shape index (κ2) is 4.38. The number of anilines is 1. The van der Waals surface area contributed by atoms with Gasteiger partial charge in [0.15, 0.2) is 0 Å². The minimum Gasteiger partial charge on any atom is -0.508 e. The second-order valence-corrected chi connectivity index (χ2v) is 4.56. The third-order valence-corrected chi connectivity index (χ3v) is 3.32. The molecule has 0 saturated carbocycles. The maximum atomic E-state index is 12.3. The van der Waals surface area contributed by atoms with Crippen molar-refractivity contribution in [3.63, 3.8) is 0 Å². The highest BCUT2D eigenvalue weighted by Crippen LogP contribution is 2.32. The van der Waals surface area contributed by atoms with Gasteiger partial charge < -0.3 is 15.1 Å².